The second kappa shape index (κ2) is 10.1. The monoisotopic (exact) mass is 489 g/mol. The van der Waals surface area contributed by atoms with E-state index in [0.29, 0.717) is 11.4 Å². The van der Waals surface area contributed by atoms with Gasteiger partial charge in [0.1, 0.15) is 16.4 Å². The Morgan fingerprint density at radius 3 is 2.77 bits per heavy atom. The maximum atomic E-state index is 12.4. The Morgan fingerprint density at radius 1 is 1.26 bits per heavy atom. The Balaban J connectivity index is 1.61. The first-order valence-corrected chi connectivity index (χ1v) is 12.7. The van der Waals surface area contributed by atoms with Gasteiger partial charge in [-0.25, -0.2) is 14.6 Å². The highest BCUT2D eigenvalue weighted by Crippen LogP contribution is 2.41. The normalized spacial score (nSPS) is 15.3. The summed E-state index contributed by atoms with van der Waals surface area (Å²) >= 11 is 1.61. The minimum Gasteiger partial charge on any atom is -0.502 e. The molecule has 1 N–H and O–H groups in total. The number of benzene rings is 2. The Hall–Kier alpha value is -3.37. The van der Waals surface area contributed by atoms with E-state index in [0.717, 1.165) is 45.8 Å². The molecule has 182 valence electrons. The van der Waals surface area contributed by atoms with E-state index in [2.05, 4.69) is 27.3 Å². The first-order valence-electron chi connectivity index (χ1n) is 11.9. The number of aromatic nitrogens is 1. The molecule has 4 rings (SSSR count). The summed E-state index contributed by atoms with van der Waals surface area (Å²) in [6, 6.07) is 11.8. The molecule has 0 saturated carbocycles. The Kier molecular flexibility index (Phi) is 7.13. The number of ether oxygens (including phenoxy) is 2. The van der Waals surface area contributed by atoms with Crippen LogP contribution in [0, 0.1) is 6.57 Å². The van der Waals surface area contributed by atoms with Gasteiger partial charge in [0.2, 0.25) is 5.69 Å². The Morgan fingerprint density at radius 2 is 2.06 bits per heavy atom. The first-order chi connectivity index (χ1) is 16.6. The number of thiazole rings is 1. The maximum Gasteiger partial charge on any atom is 0.408 e. The lowest BCUT2D eigenvalue weighted by molar-refractivity contribution is 0.0498. The zero-order valence-corrected chi connectivity index (χ0v) is 21.7. The van der Waals surface area contributed by atoms with E-state index < -0.39 is 5.60 Å². The highest BCUT2D eigenvalue weighted by atomic mass is 32.1. The summed E-state index contributed by atoms with van der Waals surface area (Å²) in [7, 11) is 0. The van der Waals surface area contributed by atoms with Gasteiger partial charge >= 0.3 is 6.09 Å². The SMILES string of the molecule is [C-]#[N+]c1cc(-c2ncc(-c3cccc4c3CCC[C@H]4NC(=O)OC(C)(C)C)s2)ccc1OC(C)C. The summed E-state index contributed by atoms with van der Waals surface area (Å²) in [5.41, 5.74) is 4.39. The van der Waals surface area contributed by atoms with Gasteiger partial charge in [-0.15, -0.1) is 11.3 Å². The molecule has 3 aromatic rings. The van der Waals surface area contributed by atoms with Crippen molar-refractivity contribution in [2.24, 2.45) is 0 Å². The van der Waals surface area contributed by atoms with Crippen molar-refractivity contribution in [3.8, 4) is 26.8 Å². The van der Waals surface area contributed by atoms with Crippen LogP contribution < -0.4 is 10.1 Å². The molecular weight excluding hydrogens is 458 g/mol. The standard InChI is InChI=1S/C28H31N3O3S/c1-17(2)33-24-14-13-18(15-23(24)29-6)26-30-16-25(35-26)21-11-7-10-20-19(21)9-8-12-22(20)31-27(32)34-28(3,4)5/h7,10-11,13-17,22H,8-9,12H2,1-5H3,(H,31,32)/t22-/m1/s1. The van der Waals surface area contributed by atoms with Crippen molar-refractivity contribution >= 4 is 23.1 Å². The van der Waals surface area contributed by atoms with Crippen molar-refractivity contribution in [3.63, 3.8) is 0 Å². The summed E-state index contributed by atoms with van der Waals surface area (Å²) < 4.78 is 11.2. The summed E-state index contributed by atoms with van der Waals surface area (Å²) in [5.74, 6) is 0.594. The molecule has 1 amide bonds. The summed E-state index contributed by atoms with van der Waals surface area (Å²) in [4.78, 5) is 21.8. The number of alkyl carbamates (subject to hydrolysis) is 1. The molecule has 35 heavy (non-hydrogen) atoms. The molecule has 0 unspecified atom stereocenters. The van der Waals surface area contributed by atoms with E-state index in [9.17, 15) is 4.79 Å². The molecule has 0 aliphatic heterocycles. The highest BCUT2D eigenvalue weighted by molar-refractivity contribution is 7.18. The van der Waals surface area contributed by atoms with Crippen molar-refractivity contribution in [2.75, 3.05) is 0 Å². The van der Waals surface area contributed by atoms with Crippen LogP contribution in [0.5, 0.6) is 5.75 Å². The number of fused-ring (bicyclic) bond motifs is 1. The molecule has 0 radical (unpaired) electrons. The summed E-state index contributed by atoms with van der Waals surface area (Å²) in [5, 5.41) is 3.92. The quantitative estimate of drug-likeness (QED) is 0.373. The van der Waals surface area contributed by atoms with Gasteiger partial charge in [-0.2, -0.15) is 0 Å². The van der Waals surface area contributed by atoms with Crippen LogP contribution in [-0.4, -0.2) is 22.8 Å². The molecule has 1 heterocycles. The van der Waals surface area contributed by atoms with Crippen LogP contribution in [0.1, 0.15) is 64.6 Å². The third kappa shape index (κ3) is 5.83. The van der Waals surface area contributed by atoms with E-state index in [1.54, 1.807) is 11.3 Å². The van der Waals surface area contributed by atoms with Crippen LogP contribution >= 0.6 is 11.3 Å². The van der Waals surface area contributed by atoms with E-state index in [-0.39, 0.29) is 18.2 Å². The van der Waals surface area contributed by atoms with Gasteiger partial charge in [0.25, 0.3) is 0 Å². The number of rotatable bonds is 5. The second-order valence-electron chi connectivity index (χ2n) is 9.95. The van der Waals surface area contributed by atoms with Gasteiger partial charge in [0.15, 0.2) is 0 Å². The van der Waals surface area contributed by atoms with Gasteiger partial charge in [0.05, 0.1) is 23.6 Å². The molecule has 7 heteroatoms. The molecule has 1 aromatic heterocycles. The fourth-order valence-electron chi connectivity index (χ4n) is 4.30. The molecule has 0 fully saturated rings. The number of carbonyl (C=O) groups is 1. The predicted molar refractivity (Wildman–Crippen MR) is 140 cm³/mol. The Labute approximate surface area is 211 Å². The van der Waals surface area contributed by atoms with Crippen molar-refractivity contribution < 1.29 is 14.3 Å². The number of hydrogen-bond donors (Lipinski definition) is 1. The number of carbonyl (C=O) groups excluding carboxylic acids is 1. The van der Waals surface area contributed by atoms with E-state index in [1.165, 1.54) is 5.56 Å². The average Bonchev–Trinajstić information content (AvgIpc) is 3.27. The minimum absolute atomic E-state index is 0.00528. The molecule has 0 saturated heterocycles. The van der Waals surface area contributed by atoms with Crippen LogP contribution in [0.15, 0.2) is 42.6 Å². The van der Waals surface area contributed by atoms with Crippen molar-refractivity contribution in [1.29, 1.82) is 0 Å². The Bertz CT molecular complexity index is 1270. The summed E-state index contributed by atoms with van der Waals surface area (Å²) in [6.07, 6.45) is 4.34. The molecular formula is C28H31N3O3S. The van der Waals surface area contributed by atoms with Gasteiger partial charge in [-0.1, -0.05) is 24.3 Å². The third-order valence-electron chi connectivity index (χ3n) is 5.66. The zero-order valence-electron chi connectivity index (χ0n) is 20.8. The lowest BCUT2D eigenvalue weighted by Crippen LogP contribution is -2.36. The third-order valence-corrected chi connectivity index (χ3v) is 6.74. The van der Waals surface area contributed by atoms with Crippen molar-refractivity contribution in [2.45, 2.75) is 71.6 Å². The number of amides is 1. The van der Waals surface area contributed by atoms with Gasteiger partial charge in [0, 0.05) is 11.8 Å². The van der Waals surface area contributed by atoms with E-state index >= 15 is 0 Å². The van der Waals surface area contributed by atoms with Gasteiger partial charge in [-0.3, -0.25) is 0 Å². The molecule has 1 aliphatic rings. The number of nitrogens with zero attached hydrogens (tertiary/aromatic N) is 2. The van der Waals surface area contributed by atoms with Crippen LogP contribution in [-0.2, 0) is 11.2 Å². The van der Waals surface area contributed by atoms with Crippen molar-refractivity contribution in [3.05, 3.63) is 65.1 Å². The highest BCUT2D eigenvalue weighted by Gasteiger charge is 2.26. The zero-order chi connectivity index (χ0) is 25.2. The molecule has 1 atom stereocenters. The average molecular weight is 490 g/mol. The molecule has 0 bridgehead atoms. The van der Waals surface area contributed by atoms with Crippen molar-refractivity contribution in [1.82, 2.24) is 10.3 Å². The largest absolute Gasteiger partial charge is 0.502 e. The fourth-order valence-corrected chi connectivity index (χ4v) is 5.27. The van der Waals surface area contributed by atoms with E-state index in [1.807, 2.05) is 65.1 Å². The van der Waals surface area contributed by atoms with Crippen LogP contribution in [0.2, 0.25) is 0 Å². The fraction of sp³-hybridized carbons (Fsp3) is 0.393. The summed E-state index contributed by atoms with van der Waals surface area (Å²) in [6.45, 7) is 17.0. The van der Waals surface area contributed by atoms with Gasteiger partial charge < -0.3 is 14.8 Å². The molecule has 6 nitrogen and oxygen atoms in total. The van der Waals surface area contributed by atoms with E-state index in [4.69, 9.17) is 16.0 Å². The predicted octanol–water partition coefficient (Wildman–Crippen LogP) is 7.72. The topological polar surface area (TPSA) is 64.8 Å². The maximum absolute atomic E-state index is 12.4. The first kappa shape index (κ1) is 24.7. The molecule has 2 aromatic carbocycles. The second-order valence-corrected chi connectivity index (χ2v) is 11.0. The lowest BCUT2D eigenvalue weighted by Gasteiger charge is -2.29. The molecule has 1 aliphatic carbocycles. The van der Waals surface area contributed by atoms with Gasteiger partial charge in [-0.05, 0) is 82.7 Å². The number of nitrogens with one attached hydrogen (secondary N) is 1. The number of hydrogen-bond acceptors (Lipinski definition) is 5. The van der Waals surface area contributed by atoms with Crippen LogP contribution in [0.3, 0.4) is 0 Å². The lowest BCUT2D eigenvalue weighted by atomic mass is 9.84. The minimum atomic E-state index is -0.533. The van der Waals surface area contributed by atoms with Crippen LogP contribution in [0.25, 0.3) is 25.9 Å². The smallest absolute Gasteiger partial charge is 0.408 e. The molecule has 0 spiro atoms. The van der Waals surface area contributed by atoms with Crippen LogP contribution in [0.4, 0.5) is 10.5 Å².